The second-order valence-corrected chi connectivity index (χ2v) is 9.74. The van der Waals surface area contributed by atoms with Gasteiger partial charge in [0, 0.05) is 24.3 Å². The predicted molar refractivity (Wildman–Crippen MR) is 149 cm³/mol. The highest BCUT2D eigenvalue weighted by Crippen LogP contribution is 2.36. The average molecular weight is 565 g/mol. The summed E-state index contributed by atoms with van der Waals surface area (Å²) >= 11 is 0. The Balaban J connectivity index is 1.27. The summed E-state index contributed by atoms with van der Waals surface area (Å²) in [5.41, 5.74) is 10.6. The number of hydrogen-bond acceptors (Lipinski definition) is 8. The Kier molecular flexibility index (Phi) is 6.11. The molecule has 1 atom stereocenters. The van der Waals surface area contributed by atoms with Gasteiger partial charge in [0.05, 0.1) is 24.0 Å². The lowest BCUT2D eigenvalue weighted by Gasteiger charge is -2.15. The van der Waals surface area contributed by atoms with E-state index in [4.69, 9.17) is 15.7 Å². The monoisotopic (exact) mass is 564 g/mol. The molecule has 5 aromatic heterocycles. The number of nitrogens with zero attached hydrogens (tertiary/aromatic N) is 8. The van der Waals surface area contributed by atoms with E-state index in [1.54, 1.807) is 23.1 Å². The zero-order valence-electron chi connectivity index (χ0n) is 21.9. The van der Waals surface area contributed by atoms with E-state index >= 15 is 0 Å². The van der Waals surface area contributed by atoms with E-state index < -0.39 is 18.0 Å². The molecular weight excluding hydrogens is 542 g/mol. The lowest BCUT2D eigenvalue weighted by molar-refractivity contribution is 0.0930. The molecule has 0 saturated carbocycles. The molecule has 3 N–H and O–H groups in total. The average Bonchev–Trinajstić information content (AvgIpc) is 3.76. The number of imidazole rings is 1. The standard InChI is InChI=1S/C29H22F2N10O/c30-25(31)22-14-35-23(15-34-22)29(42)38-20-7-4-16-13-17(5-6-18(16)20)41-27(19-3-1-10-33-26(19)32)37-21-8-9-24(39-28(21)41)40-12-2-11-36-40/h1-3,5-6,8-15,20,25H,4,7H2,(H2,32,33)(H,38,42)/t20-/m0/s1. The van der Waals surface area contributed by atoms with Crippen molar-refractivity contribution in [1.29, 1.82) is 0 Å². The van der Waals surface area contributed by atoms with Gasteiger partial charge in [0.25, 0.3) is 12.3 Å². The summed E-state index contributed by atoms with van der Waals surface area (Å²) in [6.07, 6.45) is 5.75. The van der Waals surface area contributed by atoms with Crippen molar-refractivity contribution in [3.8, 4) is 22.9 Å². The zero-order chi connectivity index (χ0) is 28.8. The molecule has 1 aliphatic carbocycles. The number of aromatic nitrogens is 8. The molecule has 0 bridgehead atoms. The first-order chi connectivity index (χ1) is 20.5. The van der Waals surface area contributed by atoms with Crippen LogP contribution in [0.25, 0.3) is 34.1 Å². The predicted octanol–water partition coefficient (Wildman–Crippen LogP) is 4.40. The molecule has 208 valence electrons. The zero-order valence-corrected chi connectivity index (χ0v) is 21.9. The van der Waals surface area contributed by atoms with Crippen LogP contribution in [0.5, 0.6) is 0 Å². The van der Waals surface area contributed by atoms with Crippen LogP contribution in [0.1, 0.15) is 46.2 Å². The molecule has 42 heavy (non-hydrogen) atoms. The first-order valence-electron chi connectivity index (χ1n) is 13.1. The molecule has 0 spiro atoms. The molecule has 5 heterocycles. The van der Waals surface area contributed by atoms with Gasteiger partial charge in [0.2, 0.25) is 0 Å². The number of nitrogens with one attached hydrogen (secondary N) is 1. The highest BCUT2D eigenvalue weighted by Gasteiger charge is 2.27. The number of nitrogens with two attached hydrogens (primary N) is 1. The number of amides is 1. The Morgan fingerprint density at radius 1 is 1.02 bits per heavy atom. The fourth-order valence-corrected chi connectivity index (χ4v) is 5.20. The second-order valence-electron chi connectivity index (χ2n) is 9.74. The van der Waals surface area contributed by atoms with Gasteiger partial charge in [-0.3, -0.25) is 14.3 Å². The minimum absolute atomic E-state index is 0.0212. The molecule has 6 aromatic rings. The van der Waals surface area contributed by atoms with Gasteiger partial charge in [-0.25, -0.2) is 33.4 Å². The summed E-state index contributed by atoms with van der Waals surface area (Å²) in [7, 11) is 0. The summed E-state index contributed by atoms with van der Waals surface area (Å²) in [4.78, 5) is 34.3. The maximum Gasteiger partial charge on any atom is 0.281 e. The number of anilines is 1. The van der Waals surface area contributed by atoms with Crippen LogP contribution in [0.3, 0.4) is 0 Å². The topological polar surface area (TPSA) is 142 Å². The lowest BCUT2D eigenvalue weighted by atomic mass is 10.1. The summed E-state index contributed by atoms with van der Waals surface area (Å²) < 4.78 is 29.2. The Hall–Kier alpha value is -5.59. The van der Waals surface area contributed by atoms with Crippen LogP contribution in [0.4, 0.5) is 14.6 Å². The van der Waals surface area contributed by atoms with Gasteiger partial charge in [-0.2, -0.15) is 5.10 Å². The number of nitrogen functional groups attached to an aromatic ring is 1. The van der Waals surface area contributed by atoms with E-state index in [1.807, 2.05) is 47.2 Å². The van der Waals surface area contributed by atoms with Gasteiger partial charge in [-0.1, -0.05) is 6.07 Å². The highest BCUT2D eigenvalue weighted by atomic mass is 19.3. The van der Waals surface area contributed by atoms with Crippen LogP contribution in [0, 0.1) is 0 Å². The normalized spacial score (nSPS) is 14.4. The van der Waals surface area contributed by atoms with Crippen molar-refractivity contribution in [2.45, 2.75) is 25.3 Å². The molecule has 0 aliphatic heterocycles. The number of pyridine rings is 2. The Labute approximate surface area is 237 Å². The minimum atomic E-state index is -2.75. The molecule has 13 heteroatoms. The van der Waals surface area contributed by atoms with Crippen LogP contribution in [-0.2, 0) is 6.42 Å². The molecular formula is C29H22F2N10O. The van der Waals surface area contributed by atoms with Crippen LogP contribution >= 0.6 is 0 Å². The minimum Gasteiger partial charge on any atom is -0.383 e. The van der Waals surface area contributed by atoms with Gasteiger partial charge in [0.15, 0.2) is 17.3 Å². The first kappa shape index (κ1) is 25.4. The SMILES string of the molecule is Nc1ncccc1-c1nc2ccc(-n3cccn3)nc2n1-c1ccc2c(c1)CC[C@@H]2NC(=O)c1cnc(C(F)F)cn1. The number of fused-ring (bicyclic) bond motifs is 2. The third-order valence-electron chi connectivity index (χ3n) is 7.20. The third-order valence-corrected chi connectivity index (χ3v) is 7.20. The fraction of sp³-hybridized carbons (Fsp3) is 0.138. The molecule has 0 saturated heterocycles. The molecule has 11 nitrogen and oxygen atoms in total. The van der Waals surface area contributed by atoms with Crippen molar-refractivity contribution in [2.75, 3.05) is 5.73 Å². The van der Waals surface area contributed by atoms with Crippen molar-refractivity contribution in [3.63, 3.8) is 0 Å². The maximum absolute atomic E-state index is 12.8. The summed E-state index contributed by atoms with van der Waals surface area (Å²) in [6, 6.07) is 14.9. The third kappa shape index (κ3) is 4.40. The molecule has 1 amide bonds. The molecule has 1 aromatic carbocycles. The number of carbonyl (C=O) groups is 1. The Bertz CT molecular complexity index is 1940. The fourth-order valence-electron chi connectivity index (χ4n) is 5.20. The second kappa shape index (κ2) is 10.1. The highest BCUT2D eigenvalue weighted by molar-refractivity contribution is 5.92. The van der Waals surface area contributed by atoms with Crippen molar-refractivity contribution in [1.82, 2.24) is 44.6 Å². The van der Waals surface area contributed by atoms with Gasteiger partial charge in [0.1, 0.15) is 22.7 Å². The van der Waals surface area contributed by atoms with Gasteiger partial charge >= 0.3 is 0 Å². The van der Waals surface area contributed by atoms with Crippen LogP contribution in [0.2, 0.25) is 0 Å². The smallest absolute Gasteiger partial charge is 0.281 e. The van der Waals surface area contributed by atoms with Gasteiger partial charge < -0.3 is 11.1 Å². The lowest BCUT2D eigenvalue weighted by Crippen LogP contribution is -2.28. The molecule has 1 aliphatic rings. The van der Waals surface area contributed by atoms with Crippen molar-refractivity contribution in [2.24, 2.45) is 0 Å². The number of benzene rings is 1. The summed E-state index contributed by atoms with van der Waals surface area (Å²) in [5, 5.41) is 7.26. The van der Waals surface area contributed by atoms with Crippen LogP contribution in [-0.4, -0.2) is 45.2 Å². The van der Waals surface area contributed by atoms with Crippen molar-refractivity contribution >= 4 is 22.9 Å². The van der Waals surface area contributed by atoms with E-state index in [0.29, 0.717) is 47.0 Å². The number of rotatable bonds is 6. The largest absolute Gasteiger partial charge is 0.383 e. The van der Waals surface area contributed by atoms with E-state index in [-0.39, 0.29) is 11.7 Å². The number of hydrogen-bond donors (Lipinski definition) is 2. The van der Waals surface area contributed by atoms with Crippen LogP contribution < -0.4 is 11.1 Å². The van der Waals surface area contributed by atoms with Gasteiger partial charge in [-0.15, -0.1) is 0 Å². The number of alkyl halides is 2. The quantitative estimate of drug-likeness (QED) is 0.303. The van der Waals surface area contributed by atoms with E-state index in [1.165, 1.54) is 0 Å². The molecule has 0 radical (unpaired) electrons. The number of halogens is 2. The van der Waals surface area contributed by atoms with E-state index in [9.17, 15) is 13.6 Å². The van der Waals surface area contributed by atoms with Crippen molar-refractivity contribution < 1.29 is 13.6 Å². The van der Waals surface area contributed by atoms with E-state index in [0.717, 1.165) is 29.2 Å². The number of carbonyl (C=O) groups excluding carboxylic acids is 1. The summed E-state index contributed by atoms with van der Waals surface area (Å²) in [6.45, 7) is 0. The van der Waals surface area contributed by atoms with E-state index in [2.05, 4.69) is 31.4 Å². The molecule has 7 rings (SSSR count). The Morgan fingerprint density at radius 3 is 2.69 bits per heavy atom. The van der Waals surface area contributed by atoms with Crippen LogP contribution in [0.15, 0.2) is 79.5 Å². The molecule has 0 unspecified atom stereocenters. The van der Waals surface area contributed by atoms with Gasteiger partial charge in [-0.05, 0) is 66.4 Å². The number of aryl methyl sites for hydroxylation is 1. The summed E-state index contributed by atoms with van der Waals surface area (Å²) in [5.74, 6) is 1.09. The first-order valence-corrected chi connectivity index (χ1v) is 13.1. The molecule has 0 fully saturated rings. The Morgan fingerprint density at radius 2 is 1.93 bits per heavy atom. The van der Waals surface area contributed by atoms with Crippen molar-refractivity contribution in [3.05, 3.63) is 102 Å². The maximum atomic E-state index is 12.8.